The van der Waals surface area contributed by atoms with Crippen LogP contribution in [-0.2, 0) is 9.53 Å². The van der Waals surface area contributed by atoms with Crippen molar-refractivity contribution < 1.29 is 14.3 Å². The van der Waals surface area contributed by atoms with Crippen molar-refractivity contribution in [1.29, 1.82) is 0 Å². The molecular formula is C21H29Cl2N3O3. The first-order valence-electron chi connectivity index (χ1n) is 9.25. The summed E-state index contributed by atoms with van der Waals surface area (Å²) in [6, 6.07) is 9.50. The van der Waals surface area contributed by atoms with E-state index in [0.717, 1.165) is 31.7 Å². The van der Waals surface area contributed by atoms with Gasteiger partial charge in [-0.25, -0.2) is 4.98 Å². The molecule has 0 bridgehead atoms. The number of nitrogens with zero attached hydrogens (tertiary/aromatic N) is 1. The zero-order valence-electron chi connectivity index (χ0n) is 17.0. The maximum Gasteiger partial charge on any atom is 0.233 e. The van der Waals surface area contributed by atoms with Crippen LogP contribution in [0, 0.1) is 19.3 Å². The Balaban J connectivity index is 0.00000210. The van der Waals surface area contributed by atoms with E-state index in [2.05, 4.69) is 22.5 Å². The number of amides is 1. The molecule has 0 unspecified atom stereocenters. The van der Waals surface area contributed by atoms with Gasteiger partial charge in [0.1, 0.15) is 5.75 Å². The summed E-state index contributed by atoms with van der Waals surface area (Å²) in [6.45, 7) is 6.16. The smallest absolute Gasteiger partial charge is 0.233 e. The molecule has 29 heavy (non-hydrogen) atoms. The predicted octanol–water partition coefficient (Wildman–Crippen LogP) is 4.29. The Morgan fingerprint density at radius 3 is 2.45 bits per heavy atom. The molecule has 0 aliphatic carbocycles. The van der Waals surface area contributed by atoms with Gasteiger partial charge in [0.15, 0.2) is 0 Å². The second kappa shape index (κ2) is 11.4. The van der Waals surface area contributed by atoms with Crippen LogP contribution in [0.1, 0.15) is 24.0 Å². The van der Waals surface area contributed by atoms with E-state index in [4.69, 9.17) is 9.47 Å². The molecule has 1 fully saturated rings. The average molecular weight is 442 g/mol. The number of nitrogens with one attached hydrogen (secondary N) is 2. The molecule has 1 aromatic heterocycles. The average Bonchev–Trinajstić information content (AvgIpc) is 2.67. The lowest BCUT2D eigenvalue weighted by molar-refractivity contribution is -0.130. The van der Waals surface area contributed by atoms with Crippen molar-refractivity contribution in [3.63, 3.8) is 0 Å². The Morgan fingerprint density at radius 2 is 1.86 bits per heavy atom. The molecule has 0 atom stereocenters. The highest BCUT2D eigenvalue weighted by atomic mass is 35.5. The Kier molecular flexibility index (Phi) is 9.86. The summed E-state index contributed by atoms with van der Waals surface area (Å²) in [4.78, 5) is 17.2. The summed E-state index contributed by atoms with van der Waals surface area (Å²) in [6.07, 6.45) is 3.14. The molecule has 0 saturated carbocycles. The van der Waals surface area contributed by atoms with Gasteiger partial charge in [0.2, 0.25) is 11.8 Å². The molecule has 1 amide bonds. The second-order valence-electron chi connectivity index (χ2n) is 7.15. The van der Waals surface area contributed by atoms with Gasteiger partial charge in [-0.15, -0.1) is 24.8 Å². The first-order valence-corrected chi connectivity index (χ1v) is 9.25. The van der Waals surface area contributed by atoms with Crippen LogP contribution in [0.15, 0.2) is 36.5 Å². The zero-order valence-corrected chi connectivity index (χ0v) is 18.6. The number of carbonyl (C=O) groups excluding carboxylic acids is 1. The van der Waals surface area contributed by atoms with Gasteiger partial charge in [-0.2, -0.15) is 0 Å². The van der Waals surface area contributed by atoms with E-state index in [9.17, 15) is 4.79 Å². The number of aryl methyl sites for hydroxylation is 2. The van der Waals surface area contributed by atoms with Crippen molar-refractivity contribution in [3.8, 4) is 11.6 Å². The fourth-order valence-corrected chi connectivity index (χ4v) is 3.30. The molecule has 1 aliphatic heterocycles. The maximum atomic E-state index is 12.8. The lowest BCUT2D eigenvalue weighted by atomic mass is 9.78. The Bertz CT molecular complexity index is 789. The van der Waals surface area contributed by atoms with Gasteiger partial charge in [-0.3, -0.25) is 4.79 Å². The van der Waals surface area contributed by atoms with E-state index in [-0.39, 0.29) is 30.7 Å². The van der Waals surface area contributed by atoms with Crippen molar-refractivity contribution in [2.75, 3.05) is 32.1 Å². The third-order valence-electron chi connectivity index (χ3n) is 5.16. The van der Waals surface area contributed by atoms with Crippen LogP contribution < -0.4 is 15.4 Å². The summed E-state index contributed by atoms with van der Waals surface area (Å²) in [5.74, 6) is 1.22. The normalized spacial score (nSPS) is 14.9. The van der Waals surface area contributed by atoms with E-state index in [0.29, 0.717) is 18.2 Å². The number of aromatic nitrogens is 1. The third-order valence-corrected chi connectivity index (χ3v) is 5.16. The predicted molar refractivity (Wildman–Crippen MR) is 120 cm³/mol. The van der Waals surface area contributed by atoms with Crippen LogP contribution in [0.3, 0.4) is 0 Å². The molecule has 0 radical (unpaired) electrons. The molecule has 2 heterocycles. The van der Waals surface area contributed by atoms with E-state index >= 15 is 0 Å². The van der Waals surface area contributed by atoms with E-state index in [1.54, 1.807) is 19.4 Å². The summed E-state index contributed by atoms with van der Waals surface area (Å²) >= 11 is 0. The molecular weight excluding hydrogens is 413 g/mol. The minimum Gasteiger partial charge on any atom is -0.439 e. The second-order valence-corrected chi connectivity index (χ2v) is 7.15. The lowest BCUT2D eigenvalue weighted by Crippen LogP contribution is -2.47. The van der Waals surface area contributed by atoms with Crippen LogP contribution >= 0.6 is 24.8 Å². The van der Waals surface area contributed by atoms with Crippen LogP contribution in [0.25, 0.3) is 0 Å². The number of piperidine rings is 1. The van der Waals surface area contributed by atoms with Crippen molar-refractivity contribution in [2.45, 2.75) is 26.7 Å². The summed E-state index contributed by atoms with van der Waals surface area (Å²) < 4.78 is 11.1. The molecule has 1 saturated heterocycles. The highest BCUT2D eigenvalue weighted by Crippen LogP contribution is 2.31. The maximum absolute atomic E-state index is 12.8. The minimum absolute atomic E-state index is 0. The van der Waals surface area contributed by atoms with Gasteiger partial charge in [-0.1, -0.05) is 6.07 Å². The molecule has 6 nitrogen and oxygen atoms in total. The molecule has 1 aliphatic rings. The van der Waals surface area contributed by atoms with Crippen molar-refractivity contribution in [1.82, 2.24) is 10.3 Å². The number of hydrogen-bond donors (Lipinski definition) is 2. The minimum atomic E-state index is -0.491. The van der Waals surface area contributed by atoms with E-state index < -0.39 is 5.41 Å². The first kappa shape index (κ1) is 25.2. The number of halogens is 2. The molecule has 1 aromatic carbocycles. The molecule has 160 valence electrons. The summed E-state index contributed by atoms with van der Waals surface area (Å²) in [7, 11) is 1.64. The van der Waals surface area contributed by atoms with Crippen LogP contribution in [0.4, 0.5) is 5.69 Å². The fourth-order valence-electron chi connectivity index (χ4n) is 3.30. The Labute approximate surface area is 184 Å². The highest BCUT2D eigenvalue weighted by Gasteiger charge is 2.39. The first-order chi connectivity index (χ1) is 13.0. The lowest BCUT2D eigenvalue weighted by Gasteiger charge is -2.35. The van der Waals surface area contributed by atoms with Crippen molar-refractivity contribution in [3.05, 3.63) is 47.7 Å². The molecule has 2 aromatic rings. The number of carbonyl (C=O) groups is 1. The quantitative estimate of drug-likeness (QED) is 0.699. The van der Waals surface area contributed by atoms with Crippen molar-refractivity contribution >= 4 is 36.4 Å². The summed E-state index contributed by atoms with van der Waals surface area (Å²) in [5.41, 5.74) is 2.55. The molecule has 0 spiro atoms. The number of anilines is 1. The van der Waals surface area contributed by atoms with Crippen LogP contribution in [-0.4, -0.2) is 37.7 Å². The standard InChI is InChI=1S/C21H27N3O3.2ClH/c1-15-4-6-18(12-16(15)2)27-19-7-5-17(13-23-19)24-20(25)21(14-26-3)8-10-22-11-9-21;;/h4-7,12-13,22H,8-11,14H2,1-3H3,(H,24,25);2*1H. The van der Waals surface area contributed by atoms with Gasteiger partial charge in [0.05, 0.1) is 23.9 Å². The summed E-state index contributed by atoms with van der Waals surface area (Å²) in [5, 5.41) is 6.27. The van der Waals surface area contributed by atoms with Gasteiger partial charge in [0, 0.05) is 13.2 Å². The number of methoxy groups -OCH3 is 1. The number of benzene rings is 1. The monoisotopic (exact) mass is 441 g/mol. The molecule has 2 N–H and O–H groups in total. The van der Waals surface area contributed by atoms with Crippen LogP contribution in [0.5, 0.6) is 11.6 Å². The molecule has 3 rings (SSSR count). The largest absolute Gasteiger partial charge is 0.439 e. The van der Waals surface area contributed by atoms with E-state index in [1.165, 1.54) is 11.1 Å². The molecule has 8 heteroatoms. The number of rotatable bonds is 6. The highest BCUT2D eigenvalue weighted by molar-refractivity contribution is 5.95. The number of ether oxygens (including phenoxy) is 2. The third kappa shape index (κ3) is 6.31. The van der Waals surface area contributed by atoms with E-state index in [1.807, 2.05) is 31.2 Å². The van der Waals surface area contributed by atoms with Gasteiger partial charge < -0.3 is 20.1 Å². The van der Waals surface area contributed by atoms with Gasteiger partial charge >= 0.3 is 0 Å². The Morgan fingerprint density at radius 1 is 1.14 bits per heavy atom. The Hall–Kier alpha value is -1.86. The number of hydrogen-bond acceptors (Lipinski definition) is 5. The SMILES string of the molecule is COCC1(C(=O)Nc2ccc(Oc3ccc(C)c(C)c3)nc2)CCNCC1.Cl.Cl. The van der Waals surface area contributed by atoms with Gasteiger partial charge in [-0.05, 0) is 69.1 Å². The van der Waals surface area contributed by atoms with Crippen molar-refractivity contribution in [2.24, 2.45) is 5.41 Å². The van der Waals surface area contributed by atoms with Gasteiger partial charge in [0.25, 0.3) is 0 Å². The topological polar surface area (TPSA) is 72.5 Å². The fraction of sp³-hybridized carbons (Fsp3) is 0.429. The zero-order chi connectivity index (χ0) is 19.3. The van der Waals surface area contributed by atoms with Crippen LogP contribution in [0.2, 0.25) is 0 Å². The number of pyridine rings is 1.